The molecule has 0 saturated heterocycles. The zero-order valence-corrected chi connectivity index (χ0v) is 11.7. The fourth-order valence-corrected chi connectivity index (χ4v) is 2.81. The van der Waals surface area contributed by atoms with E-state index in [0.717, 1.165) is 24.4 Å². The van der Waals surface area contributed by atoms with E-state index in [4.69, 9.17) is 5.26 Å². The molecule has 0 aliphatic carbocycles. The second kappa shape index (κ2) is 6.29. The van der Waals surface area contributed by atoms with E-state index in [0.29, 0.717) is 4.75 Å². The fraction of sp³-hybridized carbons (Fsp3) is 0.583. The summed E-state index contributed by atoms with van der Waals surface area (Å²) in [6.45, 7) is 8.58. The molecular formula is C12H18N2S2. The molecule has 0 fully saturated rings. The Balaban J connectivity index is 2.14. The molecule has 0 amide bonds. The van der Waals surface area contributed by atoms with Gasteiger partial charge in [0.1, 0.15) is 6.07 Å². The molecule has 0 unspecified atom stereocenters. The quantitative estimate of drug-likeness (QED) is 0.819. The van der Waals surface area contributed by atoms with Crippen LogP contribution < -0.4 is 5.32 Å². The van der Waals surface area contributed by atoms with Crippen LogP contribution in [0.15, 0.2) is 11.4 Å². The van der Waals surface area contributed by atoms with Crippen LogP contribution in [0.25, 0.3) is 0 Å². The molecule has 88 valence electrons. The number of rotatable bonds is 5. The molecule has 16 heavy (non-hydrogen) atoms. The summed E-state index contributed by atoms with van der Waals surface area (Å²) in [5, 5.41) is 14.0. The van der Waals surface area contributed by atoms with Gasteiger partial charge < -0.3 is 5.32 Å². The van der Waals surface area contributed by atoms with E-state index in [9.17, 15) is 0 Å². The minimum atomic E-state index is 0.346. The Morgan fingerprint density at radius 3 is 2.81 bits per heavy atom. The van der Waals surface area contributed by atoms with Gasteiger partial charge in [-0.05, 0) is 6.07 Å². The summed E-state index contributed by atoms with van der Waals surface area (Å²) in [4.78, 5) is 1.23. The average Bonchev–Trinajstić information content (AvgIpc) is 2.63. The highest BCUT2D eigenvalue weighted by Gasteiger charge is 2.09. The Bertz CT molecular complexity index is 358. The lowest BCUT2D eigenvalue weighted by atomic mass is 10.3. The van der Waals surface area contributed by atoms with Crippen LogP contribution in [-0.4, -0.2) is 17.0 Å². The Morgan fingerprint density at radius 1 is 1.50 bits per heavy atom. The third kappa shape index (κ3) is 5.55. The van der Waals surface area contributed by atoms with Crippen LogP contribution >= 0.6 is 23.1 Å². The highest BCUT2D eigenvalue weighted by Crippen LogP contribution is 2.22. The molecule has 0 spiro atoms. The Kier molecular flexibility index (Phi) is 5.33. The van der Waals surface area contributed by atoms with Gasteiger partial charge in [-0.15, -0.1) is 11.3 Å². The Labute approximate surface area is 106 Å². The molecule has 0 aliphatic rings. The van der Waals surface area contributed by atoms with Gasteiger partial charge >= 0.3 is 0 Å². The fourth-order valence-electron chi connectivity index (χ4n) is 1.17. The van der Waals surface area contributed by atoms with Crippen LogP contribution in [0.1, 0.15) is 31.2 Å². The van der Waals surface area contributed by atoms with E-state index in [1.54, 1.807) is 11.3 Å². The second-order valence-electron chi connectivity index (χ2n) is 4.55. The van der Waals surface area contributed by atoms with Crippen molar-refractivity contribution in [2.45, 2.75) is 32.1 Å². The molecule has 0 saturated carbocycles. The van der Waals surface area contributed by atoms with E-state index in [-0.39, 0.29) is 0 Å². The van der Waals surface area contributed by atoms with Gasteiger partial charge in [-0.25, -0.2) is 0 Å². The summed E-state index contributed by atoms with van der Waals surface area (Å²) < 4.78 is 0.346. The van der Waals surface area contributed by atoms with Crippen molar-refractivity contribution in [1.29, 1.82) is 5.26 Å². The van der Waals surface area contributed by atoms with Crippen molar-refractivity contribution < 1.29 is 0 Å². The topological polar surface area (TPSA) is 35.8 Å². The molecule has 1 aromatic heterocycles. The Hall–Kier alpha value is -0.500. The number of nitrogens with one attached hydrogen (secondary N) is 1. The molecule has 0 bridgehead atoms. The first kappa shape index (κ1) is 13.6. The lowest BCUT2D eigenvalue weighted by molar-refractivity contribution is 0.733. The molecule has 0 aliphatic heterocycles. The standard InChI is InChI=1S/C12H18N2S2/c1-12(2,3)16-5-4-14-8-11-6-10(7-13)9-15-11/h6,9,14H,4-5,8H2,1-3H3. The number of nitrogens with zero attached hydrogens (tertiary/aromatic N) is 1. The van der Waals surface area contributed by atoms with Gasteiger partial charge in [-0.1, -0.05) is 20.8 Å². The summed E-state index contributed by atoms with van der Waals surface area (Å²) in [6, 6.07) is 4.10. The van der Waals surface area contributed by atoms with E-state index in [2.05, 4.69) is 32.2 Å². The van der Waals surface area contributed by atoms with E-state index in [1.165, 1.54) is 4.88 Å². The highest BCUT2D eigenvalue weighted by atomic mass is 32.2. The number of hydrogen-bond donors (Lipinski definition) is 1. The van der Waals surface area contributed by atoms with Crippen molar-refractivity contribution in [1.82, 2.24) is 5.32 Å². The zero-order chi connectivity index (χ0) is 12.0. The number of nitriles is 1. The van der Waals surface area contributed by atoms with Crippen LogP contribution in [0.5, 0.6) is 0 Å². The summed E-state index contributed by atoms with van der Waals surface area (Å²) in [5.74, 6) is 1.12. The van der Waals surface area contributed by atoms with Gasteiger partial charge in [0.05, 0.1) is 5.56 Å². The maximum atomic E-state index is 8.68. The molecule has 4 heteroatoms. The molecular weight excluding hydrogens is 236 g/mol. The molecule has 0 aromatic carbocycles. The minimum absolute atomic E-state index is 0.346. The van der Waals surface area contributed by atoms with Crippen molar-refractivity contribution in [3.8, 4) is 6.07 Å². The molecule has 1 aromatic rings. The smallest absolute Gasteiger partial charge is 0.100 e. The number of thioether (sulfide) groups is 1. The largest absolute Gasteiger partial charge is 0.311 e. The van der Waals surface area contributed by atoms with Crippen LogP contribution in [0.4, 0.5) is 0 Å². The normalized spacial score (nSPS) is 11.4. The van der Waals surface area contributed by atoms with Gasteiger partial charge in [0, 0.05) is 33.8 Å². The van der Waals surface area contributed by atoms with Gasteiger partial charge in [0.15, 0.2) is 0 Å². The van der Waals surface area contributed by atoms with Gasteiger partial charge in [-0.2, -0.15) is 17.0 Å². The predicted molar refractivity (Wildman–Crippen MR) is 73.0 cm³/mol. The van der Waals surface area contributed by atoms with Gasteiger partial charge in [0.2, 0.25) is 0 Å². The van der Waals surface area contributed by atoms with Crippen molar-refractivity contribution in [3.05, 3.63) is 21.9 Å². The van der Waals surface area contributed by atoms with Crippen molar-refractivity contribution in [2.75, 3.05) is 12.3 Å². The van der Waals surface area contributed by atoms with E-state index < -0.39 is 0 Å². The average molecular weight is 254 g/mol. The third-order valence-corrected chi connectivity index (χ3v) is 4.11. The van der Waals surface area contributed by atoms with Crippen molar-refractivity contribution >= 4 is 23.1 Å². The number of thiophene rings is 1. The summed E-state index contributed by atoms with van der Waals surface area (Å²) >= 11 is 3.61. The summed E-state index contributed by atoms with van der Waals surface area (Å²) in [7, 11) is 0. The predicted octanol–water partition coefficient (Wildman–Crippen LogP) is 3.24. The molecule has 1 N–H and O–H groups in total. The first-order valence-corrected chi connectivity index (χ1v) is 7.20. The molecule has 2 nitrogen and oxygen atoms in total. The van der Waals surface area contributed by atoms with E-state index in [1.807, 2.05) is 23.2 Å². The van der Waals surface area contributed by atoms with Crippen LogP contribution in [-0.2, 0) is 6.54 Å². The Morgan fingerprint density at radius 2 is 2.25 bits per heavy atom. The van der Waals surface area contributed by atoms with Crippen molar-refractivity contribution in [2.24, 2.45) is 0 Å². The lowest BCUT2D eigenvalue weighted by Gasteiger charge is -2.17. The molecule has 1 rings (SSSR count). The maximum absolute atomic E-state index is 8.68. The third-order valence-electron chi connectivity index (χ3n) is 1.90. The van der Waals surface area contributed by atoms with Crippen LogP contribution in [0, 0.1) is 11.3 Å². The number of hydrogen-bond acceptors (Lipinski definition) is 4. The molecule has 0 radical (unpaired) electrons. The van der Waals surface area contributed by atoms with E-state index >= 15 is 0 Å². The van der Waals surface area contributed by atoms with Crippen LogP contribution in [0.2, 0.25) is 0 Å². The molecule has 0 atom stereocenters. The second-order valence-corrected chi connectivity index (χ2v) is 7.47. The van der Waals surface area contributed by atoms with Crippen molar-refractivity contribution in [3.63, 3.8) is 0 Å². The van der Waals surface area contributed by atoms with Crippen LogP contribution in [0.3, 0.4) is 0 Å². The maximum Gasteiger partial charge on any atom is 0.100 e. The monoisotopic (exact) mass is 254 g/mol. The first-order valence-electron chi connectivity index (χ1n) is 5.33. The van der Waals surface area contributed by atoms with Gasteiger partial charge in [0.25, 0.3) is 0 Å². The SMILES string of the molecule is CC(C)(C)SCCNCc1cc(C#N)cs1. The highest BCUT2D eigenvalue weighted by molar-refractivity contribution is 8.00. The van der Waals surface area contributed by atoms with Gasteiger partial charge in [-0.3, -0.25) is 0 Å². The minimum Gasteiger partial charge on any atom is -0.311 e. The lowest BCUT2D eigenvalue weighted by Crippen LogP contribution is -2.19. The first-order chi connectivity index (χ1) is 7.51. The summed E-state index contributed by atoms with van der Waals surface area (Å²) in [6.07, 6.45) is 0. The molecule has 1 heterocycles. The summed E-state index contributed by atoms with van der Waals surface area (Å²) in [5.41, 5.74) is 0.769. The zero-order valence-electron chi connectivity index (χ0n) is 10.0.